The van der Waals surface area contributed by atoms with Crippen molar-refractivity contribution < 1.29 is 9.18 Å². The Morgan fingerprint density at radius 1 is 1.36 bits per heavy atom. The van der Waals surface area contributed by atoms with E-state index in [2.05, 4.69) is 22.3 Å². The average molecular weight is 358 g/mol. The van der Waals surface area contributed by atoms with E-state index in [-0.39, 0.29) is 18.1 Å². The van der Waals surface area contributed by atoms with Gasteiger partial charge in [-0.3, -0.25) is 4.79 Å². The fourth-order valence-corrected chi connectivity index (χ4v) is 3.24. The lowest BCUT2D eigenvalue weighted by atomic mass is 10.2. The number of hydrogen-bond acceptors (Lipinski definition) is 4. The highest BCUT2D eigenvalue weighted by atomic mass is 32.1. The summed E-state index contributed by atoms with van der Waals surface area (Å²) in [5.74, 6) is 0.251. The molecule has 0 saturated carbocycles. The molecule has 3 rings (SSSR count). The van der Waals surface area contributed by atoms with E-state index in [9.17, 15) is 9.18 Å². The molecule has 1 amide bonds. The van der Waals surface area contributed by atoms with Crippen molar-refractivity contribution in [2.45, 2.75) is 32.7 Å². The topological polar surface area (TPSA) is 59.8 Å². The smallest absolute Gasteiger partial charge is 0.231 e. The molecule has 1 aromatic carbocycles. The van der Waals surface area contributed by atoms with E-state index in [4.69, 9.17) is 0 Å². The summed E-state index contributed by atoms with van der Waals surface area (Å²) in [6, 6.07) is 8.07. The van der Waals surface area contributed by atoms with Crippen molar-refractivity contribution in [3.63, 3.8) is 0 Å². The molecule has 0 aliphatic rings. The Morgan fingerprint density at radius 2 is 2.24 bits per heavy atom. The first-order valence-electron chi connectivity index (χ1n) is 8.17. The highest BCUT2D eigenvalue weighted by molar-refractivity contribution is 7.13. The standard InChI is InChI=1S/C18H19FN4OS/c1-2-3-9-23-16(7-8-20-23)22-17(24)11-15-12-25-18(21-15)13-5-4-6-14(19)10-13/h4-8,10,12H,2-3,9,11H2,1H3,(H,22,24). The fraction of sp³-hybridized carbons (Fsp3) is 0.278. The monoisotopic (exact) mass is 358 g/mol. The number of nitrogens with zero attached hydrogens (tertiary/aromatic N) is 3. The highest BCUT2D eigenvalue weighted by Gasteiger charge is 2.11. The Bertz CT molecular complexity index is 858. The third-order valence-corrected chi connectivity index (χ3v) is 4.61. The molecule has 0 unspecified atom stereocenters. The van der Waals surface area contributed by atoms with Crippen molar-refractivity contribution in [2.24, 2.45) is 0 Å². The Kier molecular flexibility index (Phi) is 5.55. The van der Waals surface area contributed by atoms with Gasteiger partial charge in [0, 0.05) is 23.6 Å². The van der Waals surface area contributed by atoms with Crippen LogP contribution in [0.25, 0.3) is 10.6 Å². The molecule has 0 bridgehead atoms. The number of amides is 1. The molecule has 2 aromatic heterocycles. The number of unbranched alkanes of at least 4 members (excludes halogenated alkanes) is 1. The molecular formula is C18H19FN4OS. The zero-order valence-corrected chi connectivity index (χ0v) is 14.7. The molecule has 2 heterocycles. The zero-order chi connectivity index (χ0) is 17.6. The van der Waals surface area contributed by atoms with Gasteiger partial charge in [-0.05, 0) is 18.6 Å². The first-order chi connectivity index (χ1) is 12.2. The molecule has 0 aliphatic carbocycles. The number of carbonyl (C=O) groups excluding carboxylic acids is 1. The van der Waals surface area contributed by atoms with Crippen LogP contribution in [0.5, 0.6) is 0 Å². The number of benzene rings is 1. The molecule has 1 N–H and O–H groups in total. The van der Waals surface area contributed by atoms with Crippen LogP contribution in [0.2, 0.25) is 0 Å². The van der Waals surface area contributed by atoms with Gasteiger partial charge in [0.1, 0.15) is 16.6 Å². The van der Waals surface area contributed by atoms with E-state index in [1.165, 1.54) is 23.5 Å². The first kappa shape index (κ1) is 17.3. The maximum absolute atomic E-state index is 13.3. The number of thiazole rings is 1. The molecular weight excluding hydrogens is 339 g/mol. The van der Waals surface area contributed by atoms with Crippen molar-refractivity contribution in [1.29, 1.82) is 0 Å². The average Bonchev–Trinajstić information content (AvgIpc) is 3.22. The van der Waals surface area contributed by atoms with Gasteiger partial charge in [0.05, 0.1) is 18.3 Å². The highest BCUT2D eigenvalue weighted by Crippen LogP contribution is 2.24. The van der Waals surface area contributed by atoms with Crippen LogP contribution in [-0.4, -0.2) is 20.7 Å². The van der Waals surface area contributed by atoms with Gasteiger partial charge in [-0.25, -0.2) is 14.1 Å². The van der Waals surface area contributed by atoms with Gasteiger partial charge < -0.3 is 5.32 Å². The van der Waals surface area contributed by atoms with E-state index in [1.54, 1.807) is 29.1 Å². The third-order valence-electron chi connectivity index (χ3n) is 3.67. The minimum absolute atomic E-state index is 0.144. The largest absolute Gasteiger partial charge is 0.311 e. The number of aryl methyl sites for hydroxylation is 1. The summed E-state index contributed by atoms with van der Waals surface area (Å²) in [5.41, 5.74) is 1.38. The second-order valence-corrected chi connectivity index (χ2v) is 6.53. The number of hydrogen-bond donors (Lipinski definition) is 1. The maximum Gasteiger partial charge on any atom is 0.231 e. The number of aromatic nitrogens is 3. The number of rotatable bonds is 7. The van der Waals surface area contributed by atoms with Crippen molar-refractivity contribution in [3.05, 3.63) is 53.4 Å². The zero-order valence-electron chi connectivity index (χ0n) is 13.9. The van der Waals surface area contributed by atoms with Crippen LogP contribution in [-0.2, 0) is 17.8 Å². The van der Waals surface area contributed by atoms with E-state index < -0.39 is 0 Å². The van der Waals surface area contributed by atoms with Crippen molar-refractivity contribution in [3.8, 4) is 10.6 Å². The third kappa shape index (κ3) is 4.51. The van der Waals surface area contributed by atoms with E-state index in [1.807, 2.05) is 5.38 Å². The van der Waals surface area contributed by atoms with Gasteiger partial charge in [-0.15, -0.1) is 11.3 Å². The lowest BCUT2D eigenvalue weighted by Crippen LogP contribution is -2.18. The maximum atomic E-state index is 13.3. The van der Waals surface area contributed by atoms with Gasteiger partial charge in [0.15, 0.2) is 0 Å². The molecule has 0 saturated heterocycles. The number of anilines is 1. The van der Waals surface area contributed by atoms with E-state index >= 15 is 0 Å². The predicted molar refractivity (Wildman–Crippen MR) is 97.0 cm³/mol. The molecule has 0 radical (unpaired) electrons. The SMILES string of the molecule is CCCCn1nccc1NC(=O)Cc1csc(-c2cccc(F)c2)n1. The van der Waals surface area contributed by atoms with Gasteiger partial charge >= 0.3 is 0 Å². The van der Waals surface area contributed by atoms with Crippen LogP contribution in [0.3, 0.4) is 0 Å². The lowest BCUT2D eigenvalue weighted by molar-refractivity contribution is -0.115. The van der Waals surface area contributed by atoms with E-state index in [0.717, 1.165) is 19.4 Å². The molecule has 0 atom stereocenters. The summed E-state index contributed by atoms with van der Waals surface area (Å²) >= 11 is 1.40. The van der Waals surface area contributed by atoms with Crippen molar-refractivity contribution in [1.82, 2.24) is 14.8 Å². The first-order valence-corrected chi connectivity index (χ1v) is 9.05. The fourth-order valence-electron chi connectivity index (χ4n) is 2.42. The summed E-state index contributed by atoms with van der Waals surface area (Å²) < 4.78 is 15.1. The van der Waals surface area contributed by atoms with Gasteiger partial charge in [0.2, 0.25) is 5.91 Å². The normalized spacial score (nSPS) is 10.8. The predicted octanol–water partition coefficient (Wildman–Crippen LogP) is 4.13. The minimum atomic E-state index is -0.299. The van der Waals surface area contributed by atoms with Gasteiger partial charge in [-0.2, -0.15) is 5.10 Å². The van der Waals surface area contributed by atoms with E-state index in [0.29, 0.717) is 22.1 Å². The molecule has 0 aliphatic heterocycles. The number of carbonyl (C=O) groups is 1. The molecule has 130 valence electrons. The Balaban J connectivity index is 1.63. The van der Waals surface area contributed by atoms with Gasteiger partial charge in [-0.1, -0.05) is 25.5 Å². The van der Waals surface area contributed by atoms with Crippen LogP contribution in [0.15, 0.2) is 41.9 Å². The van der Waals surface area contributed by atoms with Crippen LogP contribution in [0.1, 0.15) is 25.5 Å². The molecule has 0 fully saturated rings. The summed E-state index contributed by atoms with van der Waals surface area (Å²) in [4.78, 5) is 16.7. The van der Waals surface area contributed by atoms with Crippen molar-refractivity contribution in [2.75, 3.05) is 5.32 Å². The van der Waals surface area contributed by atoms with Crippen LogP contribution >= 0.6 is 11.3 Å². The van der Waals surface area contributed by atoms with Gasteiger partial charge in [0.25, 0.3) is 0 Å². The second-order valence-electron chi connectivity index (χ2n) is 5.67. The summed E-state index contributed by atoms with van der Waals surface area (Å²) in [5, 5.41) is 9.62. The number of nitrogens with one attached hydrogen (secondary N) is 1. The summed E-state index contributed by atoms with van der Waals surface area (Å²) in [6.07, 6.45) is 3.92. The lowest BCUT2D eigenvalue weighted by Gasteiger charge is -2.07. The molecule has 3 aromatic rings. The quantitative estimate of drug-likeness (QED) is 0.691. The minimum Gasteiger partial charge on any atom is -0.311 e. The molecule has 5 nitrogen and oxygen atoms in total. The Labute approximate surface area is 149 Å². The molecule has 0 spiro atoms. The number of halogens is 1. The Hall–Kier alpha value is -2.54. The van der Waals surface area contributed by atoms with Crippen LogP contribution < -0.4 is 5.32 Å². The van der Waals surface area contributed by atoms with Crippen LogP contribution in [0, 0.1) is 5.82 Å². The molecule has 7 heteroatoms. The molecule has 25 heavy (non-hydrogen) atoms. The summed E-state index contributed by atoms with van der Waals surface area (Å²) in [6.45, 7) is 2.89. The van der Waals surface area contributed by atoms with Crippen LogP contribution in [0.4, 0.5) is 10.2 Å². The van der Waals surface area contributed by atoms with Crippen molar-refractivity contribution >= 4 is 23.1 Å². The summed E-state index contributed by atoms with van der Waals surface area (Å²) in [7, 11) is 0. The Morgan fingerprint density at radius 3 is 3.04 bits per heavy atom. The second kappa shape index (κ2) is 8.02.